The zero-order chi connectivity index (χ0) is 19.5. The van der Waals surface area contributed by atoms with Crippen molar-refractivity contribution in [3.05, 3.63) is 59.2 Å². The Morgan fingerprint density at radius 2 is 1.85 bits per heavy atom. The molecule has 3 rings (SSSR count). The molecule has 1 fully saturated rings. The number of nitrogens with one attached hydrogen (secondary N) is 1. The molecule has 0 aliphatic carbocycles. The number of anilines is 1. The molecule has 1 amide bonds. The van der Waals surface area contributed by atoms with Crippen LogP contribution in [-0.2, 0) is 20.2 Å². The Labute approximate surface area is 164 Å². The van der Waals surface area contributed by atoms with Crippen molar-refractivity contribution in [2.75, 3.05) is 24.2 Å². The van der Waals surface area contributed by atoms with E-state index in [9.17, 15) is 13.2 Å². The van der Waals surface area contributed by atoms with Crippen molar-refractivity contribution < 1.29 is 13.2 Å². The number of hydrogen-bond acceptors (Lipinski definition) is 4. The Hall–Kier alpha value is -1.96. The topological polar surface area (TPSA) is 79.4 Å². The summed E-state index contributed by atoms with van der Waals surface area (Å²) in [5, 5.41) is 3.36. The summed E-state index contributed by atoms with van der Waals surface area (Å²) in [5.74, 6) is 0.298. The predicted molar refractivity (Wildman–Crippen MR) is 106 cm³/mol. The van der Waals surface area contributed by atoms with Crippen LogP contribution in [0.2, 0.25) is 5.02 Å². The van der Waals surface area contributed by atoms with E-state index in [0.717, 1.165) is 5.56 Å². The van der Waals surface area contributed by atoms with Gasteiger partial charge in [-0.25, -0.2) is 17.7 Å². The van der Waals surface area contributed by atoms with E-state index in [1.807, 2.05) is 30.3 Å². The minimum absolute atomic E-state index is 0.0617. The normalized spacial score (nSPS) is 17.4. The molecule has 1 saturated heterocycles. The quantitative estimate of drug-likeness (QED) is 0.826. The van der Waals surface area contributed by atoms with Crippen LogP contribution < -0.4 is 5.32 Å². The fourth-order valence-electron chi connectivity index (χ4n) is 3.42. The number of pyridine rings is 1. The van der Waals surface area contributed by atoms with Crippen LogP contribution in [-0.4, -0.2) is 42.5 Å². The molecular formula is C19H22ClN3O3S. The van der Waals surface area contributed by atoms with E-state index in [-0.39, 0.29) is 11.7 Å². The molecule has 8 heteroatoms. The van der Waals surface area contributed by atoms with Gasteiger partial charge in [0.2, 0.25) is 15.9 Å². The van der Waals surface area contributed by atoms with Crippen LogP contribution in [0.15, 0.2) is 48.7 Å². The molecule has 0 unspecified atom stereocenters. The van der Waals surface area contributed by atoms with Crippen LogP contribution >= 0.6 is 11.6 Å². The van der Waals surface area contributed by atoms with E-state index in [2.05, 4.69) is 10.3 Å². The van der Waals surface area contributed by atoms with Crippen LogP contribution in [0.4, 0.5) is 5.82 Å². The summed E-state index contributed by atoms with van der Waals surface area (Å²) in [6.45, 7) is 2.26. The molecular weight excluding hydrogens is 386 g/mol. The molecule has 1 aliphatic rings. The van der Waals surface area contributed by atoms with Crippen LogP contribution in [0.25, 0.3) is 0 Å². The lowest BCUT2D eigenvalue weighted by Gasteiger charge is -2.40. The first-order valence-electron chi connectivity index (χ1n) is 8.84. The Morgan fingerprint density at radius 1 is 1.19 bits per heavy atom. The van der Waals surface area contributed by atoms with Gasteiger partial charge >= 0.3 is 0 Å². The van der Waals surface area contributed by atoms with Gasteiger partial charge in [-0.2, -0.15) is 0 Å². The zero-order valence-corrected chi connectivity index (χ0v) is 16.6. The molecule has 6 nitrogen and oxygen atoms in total. The standard InChI is InChI=1S/C19H22ClN3O3S/c1-2-27(25,26)23-12-10-19(11-13-23,15-6-4-3-5-7-15)18(24)22-17-9-8-16(20)14-21-17/h3-9,14H,2,10-13H2,1H3,(H,21,22,24). The van der Waals surface area contributed by atoms with Crippen molar-refractivity contribution in [2.45, 2.75) is 25.2 Å². The minimum atomic E-state index is -3.27. The fourth-order valence-corrected chi connectivity index (χ4v) is 4.63. The number of rotatable bonds is 5. The Morgan fingerprint density at radius 3 is 2.41 bits per heavy atom. The number of hydrogen-bond donors (Lipinski definition) is 1. The lowest BCUT2D eigenvalue weighted by atomic mass is 9.72. The van der Waals surface area contributed by atoms with Gasteiger partial charge in [0.05, 0.1) is 16.2 Å². The molecule has 2 aromatic rings. The number of sulfonamides is 1. The fraction of sp³-hybridized carbons (Fsp3) is 0.368. The summed E-state index contributed by atoms with van der Waals surface area (Å²) in [6, 6.07) is 12.8. The second-order valence-corrected chi connectivity index (χ2v) is 9.26. The maximum absolute atomic E-state index is 13.2. The van der Waals surface area contributed by atoms with E-state index in [0.29, 0.717) is 36.8 Å². The Balaban J connectivity index is 1.88. The molecule has 2 heterocycles. The van der Waals surface area contributed by atoms with E-state index in [1.54, 1.807) is 19.1 Å². The summed E-state index contributed by atoms with van der Waals surface area (Å²) in [5.41, 5.74) is 0.0764. The van der Waals surface area contributed by atoms with Crippen LogP contribution in [0, 0.1) is 0 Å². The third-order valence-corrected chi connectivity index (χ3v) is 7.17. The van der Waals surface area contributed by atoms with Gasteiger partial charge in [-0.1, -0.05) is 41.9 Å². The van der Waals surface area contributed by atoms with Crippen LogP contribution in [0.5, 0.6) is 0 Å². The molecule has 1 aliphatic heterocycles. The molecule has 1 N–H and O–H groups in total. The highest BCUT2D eigenvalue weighted by atomic mass is 35.5. The first kappa shape index (κ1) is 19.8. The van der Waals surface area contributed by atoms with Crippen molar-refractivity contribution in [3.63, 3.8) is 0 Å². The van der Waals surface area contributed by atoms with Gasteiger partial charge in [0.25, 0.3) is 0 Å². The van der Waals surface area contributed by atoms with Crippen LogP contribution in [0.1, 0.15) is 25.3 Å². The van der Waals surface area contributed by atoms with Crippen molar-refractivity contribution in [1.29, 1.82) is 0 Å². The van der Waals surface area contributed by atoms with Crippen molar-refractivity contribution >= 4 is 33.3 Å². The van der Waals surface area contributed by atoms with E-state index >= 15 is 0 Å². The highest BCUT2D eigenvalue weighted by Gasteiger charge is 2.44. The summed E-state index contributed by atoms with van der Waals surface area (Å²) in [6.07, 6.45) is 2.30. The monoisotopic (exact) mass is 407 g/mol. The number of benzene rings is 1. The van der Waals surface area contributed by atoms with Crippen molar-refractivity contribution in [2.24, 2.45) is 0 Å². The number of amides is 1. The maximum atomic E-state index is 13.2. The SMILES string of the molecule is CCS(=O)(=O)N1CCC(C(=O)Nc2ccc(Cl)cn2)(c2ccccc2)CC1. The number of nitrogens with zero attached hydrogens (tertiary/aromatic N) is 2. The lowest BCUT2D eigenvalue weighted by molar-refractivity contribution is -0.123. The van der Waals surface area contributed by atoms with Crippen molar-refractivity contribution in [1.82, 2.24) is 9.29 Å². The molecule has 0 spiro atoms. The first-order chi connectivity index (χ1) is 12.9. The predicted octanol–water partition coefficient (Wildman–Crippen LogP) is 3.06. The highest BCUT2D eigenvalue weighted by Crippen LogP contribution is 2.37. The van der Waals surface area contributed by atoms with Gasteiger partial charge in [-0.15, -0.1) is 0 Å². The zero-order valence-electron chi connectivity index (χ0n) is 15.1. The molecule has 144 valence electrons. The van der Waals surface area contributed by atoms with E-state index < -0.39 is 15.4 Å². The second-order valence-electron chi connectivity index (χ2n) is 6.56. The maximum Gasteiger partial charge on any atom is 0.236 e. The third-order valence-electron chi connectivity index (χ3n) is 5.06. The smallest absolute Gasteiger partial charge is 0.236 e. The molecule has 0 bridgehead atoms. The lowest BCUT2D eigenvalue weighted by Crippen LogP contribution is -2.51. The van der Waals surface area contributed by atoms with Crippen molar-refractivity contribution in [3.8, 4) is 0 Å². The number of carbonyl (C=O) groups excluding carboxylic acids is 1. The molecule has 0 radical (unpaired) electrons. The van der Waals surface area contributed by atoms with E-state index in [1.165, 1.54) is 10.5 Å². The van der Waals surface area contributed by atoms with Crippen LogP contribution in [0.3, 0.4) is 0 Å². The molecule has 27 heavy (non-hydrogen) atoms. The Kier molecular flexibility index (Phi) is 5.83. The average Bonchev–Trinajstić information content (AvgIpc) is 2.70. The molecule has 0 atom stereocenters. The summed E-state index contributed by atoms with van der Waals surface area (Å²) < 4.78 is 25.9. The number of halogens is 1. The Bertz CT molecular complexity index is 894. The first-order valence-corrected chi connectivity index (χ1v) is 10.8. The third kappa shape index (κ3) is 4.15. The highest BCUT2D eigenvalue weighted by molar-refractivity contribution is 7.89. The number of carbonyl (C=O) groups is 1. The number of aromatic nitrogens is 1. The average molecular weight is 408 g/mol. The molecule has 0 saturated carbocycles. The number of piperidine rings is 1. The summed E-state index contributed by atoms with van der Waals surface area (Å²) >= 11 is 5.86. The van der Waals surface area contributed by atoms with Gasteiger partial charge in [-0.05, 0) is 37.5 Å². The summed E-state index contributed by atoms with van der Waals surface area (Å²) in [4.78, 5) is 17.4. The van der Waals surface area contributed by atoms with Gasteiger partial charge < -0.3 is 5.32 Å². The molecule has 1 aromatic carbocycles. The largest absolute Gasteiger partial charge is 0.310 e. The van der Waals surface area contributed by atoms with Gasteiger partial charge in [-0.3, -0.25) is 4.79 Å². The van der Waals surface area contributed by atoms with Gasteiger partial charge in [0.1, 0.15) is 5.82 Å². The second kappa shape index (κ2) is 7.96. The van der Waals surface area contributed by atoms with Gasteiger partial charge in [0.15, 0.2) is 0 Å². The summed E-state index contributed by atoms with van der Waals surface area (Å²) in [7, 11) is -3.27. The molecule has 1 aromatic heterocycles. The van der Waals surface area contributed by atoms with E-state index in [4.69, 9.17) is 11.6 Å². The van der Waals surface area contributed by atoms with Gasteiger partial charge in [0, 0.05) is 19.3 Å². The minimum Gasteiger partial charge on any atom is -0.310 e.